The molecule has 8 nitrogen and oxygen atoms in total. The summed E-state index contributed by atoms with van der Waals surface area (Å²) in [7, 11) is 0.121. The number of H-pyrrole nitrogens is 1. The molecule has 0 unspecified atom stereocenters. The fourth-order valence-electron chi connectivity index (χ4n) is 1.88. The zero-order chi connectivity index (χ0) is 16.3. The van der Waals surface area contributed by atoms with E-state index >= 15 is 0 Å². The lowest BCUT2D eigenvalue weighted by atomic mass is 10.3. The summed E-state index contributed by atoms with van der Waals surface area (Å²) in [6, 6.07) is 5.45. The molecule has 0 bridgehead atoms. The largest absolute Gasteiger partial charge is 0.349 e. The van der Waals surface area contributed by atoms with Gasteiger partial charge in [0.1, 0.15) is 11.4 Å². The highest BCUT2D eigenvalue weighted by Gasteiger charge is 2.14. The first-order chi connectivity index (χ1) is 10.3. The first-order valence-corrected chi connectivity index (χ1v) is 8.50. The van der Waals surface area contributed by atoms with Gasteiger partial charge in [0, 0.05) is 33.4 Å². The highest BCUT2D eigenvalue weighted by molar-refractivity contribution is 7.88. The third-order valence-electron chi connectivity index (χ3n) is 3.31. The van der Waals surface area contributed by atoms with Crippen LogP contribution in [-0.2, 0) is 17.1 Å². The number of aromatic nitrogens is 3. The zero-order valence-corrected chi connectivity index (χ0v) is 13.5. The topological polar surface area (TPSA) is 100 Å². The second-order valence-electron chi connectivity index (χ2n) is 5.01. The number of nitrogens with one attached hydrogen (secondary N) is 2. The standard InChI is InChI=1S/C13H19N5O3S/c1-17-7-4-5-12(17)10-9-11(16-15-10)13(19)14-6-8-18(2)22(3,20)21/h4-5,7,9H,6,8H2,1-3H3,(H,14,19)(H,15,16). The molecule has 0 aromatic carbocycles. The van der Waals surface area contributed by atoms with Crippen LogP contribution < -0.4 is 5.32 Å². The molecule has 2 N–H and O–H groups in total. The molecule has 0 atom stereocenters. The third kappa shape index (κ3) is 3.74. The molecule has 2 rings (SSSR count). The fraction of sp³-hybridized carbons (Fsp3) is 0.385. The number of hydrogen-bond acceptors (Lipinski definition) is 4. The van der Waals surface area contributed by atoms with Crippen molar-refractivity contribution in [1.82, 2.24) is 24.4 Å². The molecule has 2 aromatic heterocycles. The van der Waals surface area contributed by atoms with Crippen LogP contribution >= 0.6 is 0 Å². The van der Waals surface area contributed by atoms with E-state index in [0.717, 1.165) is 11.9 Å². The minimum Gasteiger partial charge on any atom is -0.349 e. The van der Waals surface area contributed by atoms with Crippen molar-refractivity contribution in [3.8, 4) is 11.4 Å². The van der Waals surface area contributed by atoms with E-state index < -0.39 is 10.0 Å². The second-order valence-corrected chi connectivity index (χ2v) is 7.10. The van der Waals surface area contributed by atoms with Gasteiger partial charge in [-0.05, 0) is 18.2 Å². The molecule has 2 aromatic rings. The van der Waals surface area contributed by atoms with E-state index in [0.29, 0.717) is 11.4 Å². The van der Waals surface area contributed by atoms with Crippen molar-refractivity contribution < 1.29 is 13.2 Å². The van der Waals surface area contributed by atoms with Crippen LogP contribution in [0.4, 0.5) is 0 Å². The molecule has 0 fully saturated rings. The molecule has 0 aliphatic heterocycles. The van der Waals surface area contributed by atoms with Crippen LogP contribution in [0.5, 0.6) is 0 Å². The van der Waals surface area contributed by atoms with Crippen LogP contribution in [0.2, 0.25) is 0 Å². The van der Waals surface area contributed by atoms with Gasteiger partial charge in [0.25, 0.3) is 5.91 Å². The quantitative estimate of drug-likeness (QED) is 0.783. The summed E-state index contributed by atoms with van der Waals surface area (Å²) in [6.45, 7) is 0.435. The first kappa shape index (κ1) is 16.2. The molecule has 0 aliphatic carbocycles. The van der Waals surface area contributed by atoms with Crippen LogP contribution in [0.25, 0.3) is 11.4 Å². The normalized spacial score (nSPS) is 11.8. The van der Waals surface area contributed by atoms with Crippen molar-refractivity contribution in [2.24, 2.45) is 7.05 Å². The number of carbonyl (C=O) groups is 1. The number of nitrogens with zero attached hydrogens (tertiary/aromatic N) is 3. The molecule has 1 amide bonds. The van der Waals surface area contributed by atoms with Crippen molar-refractivity contribution in [3.63, 3.8) is 0 Å². The Morgan fingerprint density at radius 3 is 2.82 bits per heavy atom. The number of sulfonamides is 1. The number of aryl methyl sites for hydroxylation is 1. The van der Waals surface area contributed by atoms with Crippen molar-refractivity contribution >= 4 is 15.9 Å². The van der Waals surface area contributed by atoms with Crippen LogP contribution in [0.15, 0.2) is 24.4 Å². The number of aromatic amines is 1. The lowest BCUT2D eigenvalue weighted by Crippen LogP contribution is -2.35. The molecule has 120 valence electrons. The Morgan fingerprint density at radius 2 is 2.23 bits per heavy atom. The Hall–Kier alpha value is -2.13. The van der Waals surface area contributed by atoms with Crippen molar-refractivity contribution in [3.05, 3.63) is 30.1 Å². The summed E-state index contributed by atoms with van der Waals surface area (Å²) in [4.78, 5) is 12.0. The summed E-state index contributed by atoms with van der Waals surface area (Å²) in [5.41, 5.74) is 1.90. The van der Waals surface area contributed by atoms with Crippen molar-refractivity contribution in [2.45, 2.75) is 0 Å². The fourth-order valence-corrected chi connectivity index (χ4v) is 2.31. The van der Waals surface area contributed by atoms with Gasteiger partial charge in [-0.25, -0.2) is 12.7 Å². The Kier molecular flexibility index (Phi) is 4.67. The molecule has 0 saturated carbocycles. The minimum absolute atomic E-state index is 0.212. The summed E-state index contributed by atoms with van der Waals surface area (Å²) >= 11 is 0. The van der Waals surface area contributed by atoms with E-state index in [1.54, 1.807) is 6.07 Å². The van der Waals surface area contributed by atoms with Gasteiger partial charge in [-0.2, -0.15) is 5.10 Å². The summed E-state index contributed by atoms with van der Waals surface area (Å²) in [6.07, 6.45) is 3.01. The molecule has 22 heavy (non-hydrogen) atoms. The van der Waals surface area contributed by atoms with Gasteiger partial charge in [0.2, 0.25) is 10.0 Å². The first-order valence-electron chi connectivity index (χ1n) is 6.65. The molecule has 0 saturated heterocycles. The third-order valence-corrected chi connectivity index (χ3v) is 4.62. The van der Waals surface area contributed by atoms with Gasteiger partial charge < -0.3 is 9.88 Å². The Labute approximate surface area is 129 Å². The lowest BCUT2D eigenvalue weighted by Gasteiger charge is -2.13. The Morgan fingerprint density at radius 1 is 1.50 bits per heavy atom. The number of amides is 1. The number of likely N-dealkylation sites (N-methyl/N-ethyl adjacent to an activating group) is 1. The molecule has 2 heterocycles. The zero-order valence-electron chi connectivity index (χ0n) is 12.7. The van der Waals surface area contributed by atoms with Crippen LogP contribution in [0, 0.1) is 0 Å². The maximum atomic E-state index is 12.0. The van der Waals surface area contributed by atoms with Crippen LogP contribution in [0.1, 0.15) is 10.5 Å². The Balaban J connectivity index is 1.94. The van der Waals surface area contributed by atoms with E-state index in [1.807, 2.05) is 29.9 Å². The van der Waals surface area contributed by atoms with Gasteiger partial charge in [0.05, 0.1) is 11.9 Å². The SMILES string of the molecule is CN(CCNC(=O)c1cc(-c2cccn2C)n[nH]1)S(C)(=O)=O. The van der Waals surface area contributed by atoms with Gasteiger partial charge in [0.15, 0.2) is 0 Å². The van der Waals surface area contributed by atoms with Crippen LogP contribution in [-0.4, -0.2) is 59.8 Å². The molecule has 9 heteroatoms. The second kappa shape index (κ2) is 6.32. The maximum Gasteiger partial charge on any atom is 0.269 e. The van der Waals surface area contributed by atoms with Crippen molar-refractivity contribution in [2.75, 3.05) is 26.4 Å². The monoisotopic (exact) mass is 325 g/mol. The summed E-state index contributed by atoms with van der Waals surface area (Å²) in [5, 5.41) is 9.44. The summed E-state index contributed by atoms with van der Waals surface area (Å²) in [5.74, 6) is -0.324. The predicted molar refractivity (Wildman–Crippen MR) is 82.8 cm³/mol. The van der Waals surface area contributed by atoms with E-state index in [4.69, 9.17) is 0 Å². The molecule has 0 radical (unpaired) electrons. The highest BCUT2D eigenvalue weighted by atomic mass is 32.2. The average Bonchev–Trinajstić information content (AvgIpc) is 3.05. The van der Waals surface area contributed by atoms with E-state index in [-0.39, 0.29) is 19.0 Å². The van der Waals surface area contributed by atoms with E-state index in [9.17, 15) is 13.2 Å². The van der Waals surface area contributed by atoms with Crippen LogP contribution in [0.3, 0.4) is 0 Å². The van der Waals surface area contributed by atoms with Crippen molar-refractivity contribution in [1.29, 1.82) is 0 Å². The highest BCUT2D eigenvalue weighted by Crippen LogP contribution is 2.17. The average molecular weight is 325 g/mol. The molecule has 0 spiro atoms. The van der Waals surface area contributed by atoms with Gasteiger partial charge >= 0.3 is 0 Å². The summed E-state index contributed by atoms with van der Waals surface area (Å²) < 4.78 is 25.6. The van der Waals surface area contributed by atoms with Gasteiger partial charge in [-0.1, -0.05) is 0 Å². The lowest BCUT2D eigenvalue weighted by molar-refractivity contribution is 0.0947. The number of hydrogen-bond donors (Lipinski definition) is 2. The smallest absolute Gasteiger partial charge is 0.269 e. The molecular formula is C13H19N5O3S. The van der Waals surface area contributed by atoms with E-state index in [2.05, 4.69) is 15.5 Å². The van der Waals surface area contributed by atoms with Gasteiger partial charge in [-0.15, -0.1) is 0 Å². The van der Waals surface area contributed by atoms with E-state index in [1.165, 1.54) is 11.4 Å². The number of carbonyl (C=O) groups excluding carboxylic acids is 1. The van der Waals surface area contributed by atoms with Gasteiger partial charge in [-0.3, -0.25) is 9.89 Å². The predicted octanol–water partition coefficient (Wildman–Crippen LogP) is 0.0364. The minimum atomic E-state index is -3.24. The Bertz CT molecular complexity index is 762. The molecular weight excluding hydrogens is 306 g/mol. The maximum absolute atomic E-state index is 12.0. The number of rotatable bonds is 6. The molecule has 0 aliphatic rings.